The highest BCUT2D eigenvalue weighted by Gasteiger charge is 2.45. The lowest BCUT2D eigenvalue weighted by Crippen LogP contribution is -2.21. The molecule has 3 rings (SSSR count). The van der Waals surface area contributed by atoms with Crippen LogP contribution in [0.5, 0.6) is 5.75 Å². The number of H-pyrrole nitrogens is 1. The van der Waals surface area contributed by atoms with Gasteiger partial charge in [0.15, 0.2) is 0 Å². The topological polar surface area (TPSA) is 63.9 Å². The van der Waals surface area contributed by atoms with Gasteiger partial charge >= 0.3 is 0 Å². The minimum Gasteiger partial charge on any atom is -0.494 e. The summed E-state index contributed by atoms with van der Waals surface area (Å²) in [5, 5.41) is 0. The van der Waals surface area contributed by atoms with E-state index in [1.807, 2.05) is 37.4 Å². The van der Waals surface area contributed by atoms with Crippen LogP contribution in [0.1, 0.15) is 25.6 Å². The first-order valence-electron chi connectivity index (χ1n) is 6.76. The van der Waals surface area contributed by atoms with Crippen molar-refractivity contribution in [2.24, 2.45) is 5.73 Å². The fraction of sp³-hybridized carbons (Fsp3) is 0.400. The Labute approximate surface area is 113 Å². The van der Waals surface area contributed by atoms with Gasteiger partial charge in [-0.3, -0.25) is 0 Å². The highest BCUT2D eigenvalue weighted by Crippen LogP contribution is 2.46. The lowest BCUT2D eigenvalue weighted by atomic mass is 10.1. The number of rotatable bonds is 5. The normalized spacial score (nSPS) is 16.3. The van der Waals surface area contributed by atoms with E-state index in [0.29, 0.717) is 13.2 Å². The summed E-state index contributed by atoms with van der Waals surface area (Å²) in [5.74, 6) is 1.92. The van der Waals surface area contributed by atoms with E-state index in [2.05, 4.69) is 9.97 Å². The van der Waals surface area contributed by atoms with Crippen LogP contribution >= 0.6 is 0 Å². The third-order valence-corrected chi connectivity index (χ3v) is 3.80. The Morgan fingerprint density at radius 2 is 2.05 bits per heavy atom. The van der Waals surface area contributed by atoms with E-state index in [9.17, 15) is 0 Å². The lowest BCUT2D eigenvalue weighted by Gasteiger charge is -2.07. The lowest BCUT2D eigenvalue weighted by molar-refractivity contribution is 0.340. The number of nitrogens with zero attached hydrogens (tertiary/aromatic N) is 1. The van der Waals surface area contributed by atoms with Gasteiger partial charge in [-0.2, -0.15) is 0 Å². The summed E-state index contributed by atoms with van der Waals surface area (Å²) < 4.78 is 5.44. The Bertz CT molecular complexity index is 555. The first kappa shape index (κ1) is 12.2. The summed E-state index contributed by atoms with van der Waals surface area (Å²) >= 11 is 0. The predicted octanol–water partition coefficient (Wildman–Crippen LogP) is 2.47. The van der Waals surface area contributed by atoms with Crippen molar-refractivity contribution >= 4 is 0 Å². The Hall–Kier alpha value is -1.81. The zero-order valence-electron chi connectivity index (χ0n) is 11.1. The number of imidazole rings is 1. The number of nitrogens with one attached hydrogen (secondary N) is 1. The molecular formula is C15H19N3O. The van der Waals surface area contributed by atoms with E-state index in [0.717, 1.165) is 35.7 Å². The predicted molar refractivity (Wildman–Crippen MR) is 75.2 cm³/mol. The molecule has 0 radical (unpaired) electrons. The van der Waals surface area contributed by atoms with Crippen molar-refractivity contribution < 1.29 is 4.74 Å². The molecule has 0 atom stereocenters. The van der Waals surface area contributed by atoms with Crippen LogP contribution in [-0.2, 0) is 5.41 Å². The third kappa shape index (κ3) is 2.24. The van der Waals surface area contributed by atoms with E-state index >= 15 is 0 Å². The molecule has 4 nitrogen and oxygen atoms in total. The van der Waals surface area contributed by atoms with Crippen LogP contribution < -0.4 is 10.5 Å². The molecule has 1 aliphatic rings. The summed E-state index contributed by atoms with van der Waals surface area (Å²) in [6.45, 7) is 3.34. The average molecular weight is 257 g/mol. The van der Waals surface area contributed by atoms with Gasteiger partial charge in [0, 0.05) is 12.0 Å². The van der Waals surface area contributed by atoms with Crippen molar-refractivity contribution in [1.29, 1.82) is 0 Å². The van der Waals surface area contributed by atoms with Crippen LogP contribution in [0, 0.1) is 0 Å². The largest absolute Gasteiger partial charge is 0.494 e. The number of ether oxygens (including phenoxy) is 1. The number of hydrogen-bond donors (Lipinski definition) is 2. The molecule has 19 heavy (non-hydrogen) atoms. The molecule has 0 aliphatic heterocycles. The molecule has 1 aliphatic carbocycles. The van der Waals surface area contributed by atoms with Gasteiger partial charge in [-0.25, -0.2) is 4.98 Å². The molecule has 0 spiro atoms. The molecule has 1 heterocycles. The fourth-order valence-electron chi connectivity index (χ4n) is 2.32. The summed E-state index contributed by atoms with van der Waals surface area (Å²) in [4.78, 5) is 7.89. The molecule has 0 saturated heterocycles. The van der Waals surface area contributed by atoms with Gasteiger partial charge < -0.3 is 15.5 Å². The van der Waals surface area contributed by atoms with Crippen molar-refractivity contribution in [3.8, 4) is 17.0 Å². The fourth-order valence-corrected chi connectivity index (χ4v) is 2.32. The molecular weight excluding hydrogens is 238 g/mol. The highest BCUT2D eigenvalue weighted by molar-refractivity contribution is 5.59. The Kier molecular flexibility index (Phi) is 3.03. The van der Waals surface area contributed by atoms with Gasteiger partial charge in [0.25, 0.3) is 0 Å². The molecule has 1 fully saturated rings. The molecule has 100 valence electrons. The molecule has 3 N–H and O–H groups in total. The number of hydrogen-bond acceptors (Lipinski definition) is 3. The number of benzene rings is 1. The van der Waals surface area contributed by atoms with Gasteiger partial charge in [0.1, 0.15) is 11.6 Å². The van der Waals surface area contributed by atoms with Crippen LogP contribution in [0.3, 0.4) is 0 Å². The van der Waals surface area contributed by atoms with Crippen molar-refractivity contribution in [2.45, 2.75) is 25.2 Å². The van der Waals surface area contributed by atoms with Gasteiger partial charge in [-0.15, -0.1) is 0 Å². The first-order valence-corrected chi connectivity index (χ1v) is 6.76. The van der Waals surface area contributed by atoms with E-state index < -0.39 is 0 Å². The van der Waals surface area contributed by atoms with Crippen molar-refractivity contribution in [3.63, 3.8) is 0 Å². The Morgan fingerprint density at radius 1 is 1.32 bits per heavy atom. The van der Waals surface area contributed by atoms with Gasteiger partial charge in [-0.1, -0.05) is 0 Å². The summed E-state index contributed by atoms with van der Waals surface area (Å²) in [6.07, 6.45) is 4.17. The number of nitrogens with two attached hydrogens (primary N) is 1. The minimum atomic E-state index is 0.115. The van der Waals surface area contributed by atoms with Crippen LogP contribution in [-0.4, -0.2) is 23.1 Å². The molecule has 0 amide bonds. The van der Waals surface area contributed by atoms with Crippen LogP contribution in [0.2, 0.25) is 0 Å². The minimum absolute atomic E-state index is 0.115. The second kappa shape index (κ2) is 4.70. The van der Waals surface area contributed by atoms with Crippen LogP contribution in [0.4, 0.5) is 0 Å². The van der Waals surface area contributed by atoms with Crippen LogP contribution in [0.25, 0.3) is 11.3 Å². The van der Waals surface area contributed by atoms with Crippen molar-refractivity contribution in [1.82, 2.24) is 9.97 Å². The first-order chi connectivity index (χ1) is 9.27. The molecule has 0 bridgehead atoms. The second-order valence-electron chi connectivity index (χ2n) is 5.09. The van der Waals surface area contributed by atoms with E-state index in [1.54, 1.807) is 0 Å². The molecule has 1 aromatic carbocycles. The summed E-state index contributed by atoms with van der Waals surface area (Å²) in [7, 11) is 0. The van der Waals surface area contributed by atoms with E-state index in [-0.39, 0.29) is 5.41 Å². The summed E-state index contributed by atoms with van der Waals surface area (Å²) in [5.41, 5.74) is 8.10. The maximum absolute atomic E-state index is 5.83. The zero-order chi connectivity index (χ0) is 13.3. The third-order valence-electron chi connectivity index (χ3n) is 3.80. The highest BCUT2D eigenvalue weighted by atomic mass is 16.5. The Balaban J connectivity index is 1.82. The molecule has 2 aromatic rings. The van der Waals surface area contributed by atoms with Gasteiger partial charge in [0.2, 0.25) is 0 Å². The maximum atomic E-state index is 5.83. The zero-order valence-corrected chi connectivity index (χ0v) is 11.1. The average Bonchev–Trinajstić information content (AvgIpc) is 3.09. The van der Waals surface area contributed by atoms with Crippen molar-refractivity contribution in [3.05, 3.63) is 36.3 Å². The monoisotopic (exact) mass is 257 g/mol. The molecule has 4 heteroatoms. The standard InChI is InChI=1S/C15H19N3O/c1-2-19-12-5-3-11(4-6-12)13-9-17-14(18-13)15(10-16)7-8-15/h3-6,9H,2,7-8,10,16H2,1H3,(H,17,18). The molecule has 0 unspecified atom stereocenters. The molecule has 1 saturated carbocycles. The molecule has 1 aromatic heterocycles. The summed E-state index contributed by atoms with van der Waals surface area (Å²) in [6, 6.07) is 8.05. The quantitative estimate of drug-likeness (QED) is 0.864. The van der Waals surface area contributed by atoms with Crippen molar-refractivity contribution in [2.75, 3.05) is 13.2 Å². The second-order valence-corrected chi connectivity index (χ2v) is 5.09. The van der Waals surface area contributed by atoms with E-state index in [1.165, 1.54) is 0 Å². The number of aromatic amines is 1. The Morgan fingerprint density at radius 3 is 2.63 bits per heavy atom. The smallest absolute Gasteiger partial charge is 0.119 e. The van der Waals surface area contributed by atoms with Gasteiger partial charge in [0.05, 0.1) is 18.5 Å². The van der Waals surface area contributed by atoms with E-state index in [4.69, 9.17) is 10.5 Å². The SMILES string of the molecule is CCOc1ccc(-c2cnc(C3(CN)CC3)[nH]2)cc1. The van der Waals surface area contributed by atoms with Crippen LogP contribution in [0.15, 0.2) is 30.5 Å². The van der Waals surface area contributed by atoms with Gasteiger partial charge in [-0.05, 0) is 49.6 Å². The number of aromatic nitrogens is 2. The maximum Gasteiger partial charge on any atom is 0.119 e.